The normalized spacial score (nSPS) is 10.6. The summed E-state index contributed by atoms with van der Waals surface area (Å²) in [6.45, 7) is 2.97. The van der Waals surface area contributed by atoms with Crippen molar-refractivity contribution in [2.75, 3.05) is 0 Å². The van der Waals surface area contributed by atoms with Crippen LogP contribution in [0, 0.1) is 0 Å². The van der Waals surface area contributed by atoms with Crippen molar-refractivity contribution in [2.24, 2.45) is 0 Å². The summed E-state index contributed by atoms with van der Waals surface area (Å²) in [5, 5.41) is 18.0. The van der Waals surface area contributed by atoms with Gasteiger partial charge in [0.1, 0.15) is 5.97 Å². The van der Waals surface area contributed by atoms with Gasteiger partial charge in [0.25, 0.3) is 0 Å². The highest BCUT2D eigenvalue weighted by molar-refractivity contribution is 5.83. The van der Waals surface area contributed by atoms with Gasteiger partial charge in [-0.15, -0.1) is 0 Å². The van der Waals surface area contributed by atoms with E-state index in [1.54, 1.807) is 0 Å². The number of aliphatic carboxylic acids is 1. The number of quaternary nitrogens is 1. The van der Waals surface area contributed by atoms with E-state index in [9.17, 15) is 14.7 Å². The van der Waals surface area contributed by atoms with Gasteiger partial charge < -0.3 is 25.9 Å². The molecule has 0 aliphatic heterocycles. The first-order chi connectivity index (χ1) is 4.57. The Morgan fingerprint density at radius 1 is 1.64 bits per heavy atom. The molecule has 0 fully saturated rings. The predicted molar refractivity (Wildman–Crippen MR) is 33.3 cm³/mol. The first kappa shape index (κ1) is 12.3. The van der Waals surface area contributed by atoms with E-state index >= 15 is 0 Å². The molecule has 0 amide bonds. The second-order valence-electron chi connectivity index (χ2n) is 1.31. The van der Waals surface area contributed by atoms with Gasteiger partial charge in [0, 0.05) is 6.08 Å². The van der Waals surface area contributed by atoms with Gasteiger partial charge in [0.2, 0.25) is 6.29 Å². The minimum absolute atomic E-state index is 0. The van der Waals surface area contributed by atoms with Gasteiger partial charge in [-0.25, -0.2) is 4.79 Å². The van der Waals surface area contributed by atoms with Crippen molar-refractivity contribution in [1.29, 1.82) is 0 Å². The van der Waals surface area contributed by atoms with E-state index in [1.807, 2.05) is 0 Å². The Kier molecular flexibility index (Phi) is 6.02. The first-order valence-corrected chi connectivity index (χ1v) is 2.30. The Morgan fingerprint density at radius 3 is 2.36 bits per heavy atom. The molecule has 0 bridgehead atoms. The SMILES string of the molecule is C=CC(=O)OC(O)C(=O)[O-].[NH4+]. The Balaban J connectivity index is 0. The minimum atomic E-state index is -2.22. The molecular weight excluding hydrogens is 154 g/mol. The van der Waals surface area contributed by atoms with Crippen LogP contribution in [0.3, 0.4) is 0 Å². The fraction of sp³-hybridized carbons (Fsp3) is 0.200. The number of carbonyl (C=O) groups excluding carboxylic acids is 2. The maximum absolute atomic E-state index is 10.1. The summed E-state index contributed by atoms with van der Waals surface area (Å²) in [7, 11) is 0. The average Bonchev–Trinajstić information content (AvgIpc) is 1.87. The molecule has 0 saturated heterocycles. The van der Waals surface area contributed by atoms with Crippen molar-refractivity contribution in [2.45, 2.75) is 6.29 Å². The molecule has 0 radical (unpaired) electrons. The van der Waals surface area contributed by atoms with E-state index in [4.69, 9.17) is 5.11 Å². The van der Waals surface area contributed by atoms with Crippen LogP contribution in [0.1, 0.15) is 0 Å². The molecule has 0 heterocycles. The van der Waals surface area contributed by atoms with Gasteiger partial charge in [0.15, 0.2) is 0 Å². The second-order valence-corrected chi connectivity index (χ2v) is 1.31. The molecule has 0 aromatic heterocycles. The maximum atomic E-state index is 10.1. The zero-order chi connectivity index (χ0) is 8.15. The van der Waals surface area contributed by atoms with Crippen LogP contribution in [0.4, 0.5) is 0 Å². The zero-order valence-electron chi connectivity index (χ0n) is 5.94. The summed E-state index contributed by atoms with van der Waals surface area (Å²) >= 11 is 0. The predicted octanol–water partition coefficient (Wildman–Crippen LogP) is -1.84. The fourth-order valence-electron chi connectivity index (χ4n) is 0.206. The lowest BCUT2D eigenvalue weighted by molar-refractivity contribution is -0.328. The van der Waals surface area contributed by atoms with Crippen molar-refractivity contribution >= 4 is 11.9 Å². The summed E-state index contributed by atoms with van der Waals surface area (Å²) in [4.78, 5) is 19.8. The maximum Gasteiger partial charge on any atom is 0.332 e. The lowest BCUT2D eigenvalue weighted by Crippen LogP contribution is -2.38. The van der Waals surface area contributed by atoms with Crippen LogP contribution in [0.5, 0.6) is 0 Å². The number of carboxylic acid groups (broad SMARTS) is 1. The van der Waals surface area contributed by atoms with Gasteiger partial charge in [-0.05, 0) is 0 Å². The van der Waals surface area contributed by atoms with Gasteiger partial charge in [-0.2, -0.15) is 0 Å². The van der Waals surface area contributed by atoms with E-state index < -0.39 is 18.2 Å². The number of aliphatic hydroxyl groups excluding tert-OH is 1. The number of carbonyl (C=O) groups is 2. The number of hydrogen-bond donors (Lipinski definition) is 2. The van der Waals surface area contributed by atoms with Crippen LogP contribution in [-0.2, 0) is 14.3 Å². The fourth-order valence-corrected chi connectivity index (χ4v) is 0.206. The number of hydrogen-bond acceptors (Lipinski definition) is 5. The zero-order valence-corrected chi connectivity index (χ0v) is 5.94. The van der Waals surface area contributed by atoms with Crippen LogP contribution >= 0.6 is 0 Å². The van der Waals surface area contributed by atoms with E-state index in [-0.39, 0.29) is 6.15 Å². The first-order valence-electron chi connectivity index (χ1n) is 2.30. The standard InChI is InChI=1S/C5H6O5.H3N/c1-2-3(6)10-5(9)4(7)8;/h2,5,9H,1H2,(H,7,8);1H3. The third kappa shape index (κ3) is 5.07. The van der Waals surface area contributed by atoms with Crippen LogP contribution in [0.25, 0.3) is 0 Å². The second kappa shape index (κ2) is 5.39. The Morgan fingerprint density at radius 2 is 2.09 bits per heavy atom. The number of ether oxygens (including phenoxy) is 1. The summed E-state index contributed by atoms with van der Waals surface area (Å²) in [6.07, 6.45) is -1.49. The molecule has 64 valence electrons. The molecule has 0 aromatic carbocycles. The molecule has 0 aromatic rings. The molecule has 6 heteroatoms. The van der Waals surface area contributed by atoms with Crippen molar-refractivity contribution < 1.29 is 24.5 Å². The average molecular weight is 163 g/mol. The van der Waals surface area contributed by atoms with Crippen LogP contribution < -0.4 is 11.3 Å². The summed E-state index contributed by atoms with van der Waals surface area (Å²) in [6, 6.07) is 0. The van der Waals surface area contributed by atoms with Crippen LogP contribution in [0.2, 0.25) is 0 Å². The highest BCUT2D eigenvalue weighted by Gasteiger charge is 2.07. The molecule has 1 atom stereocenters. The lowest BCUT2D eigenvalue weighted by atomic mass is 10.6. The Bertz CT molecular complexity index is 166. The van der Waals surface area contributed by atoms with Crippen LogP contribution in [-0.4, -0.2) is 23.3 Å². The quantitative estimate of drug-likeness (QED) is 0.287. The van der Waals surface area contributed by atoms with E-state index in [2.05, 4.69) is 11.3 Å². The molecule has 0 aliphatic carbocycles. The lowest BCUT2D eigenvalue weighted by Gasteiger charge is -2.09. The van der Waals surface area contributed by atoms with E-state index in [0.29, 0.717) is 0 Å². The highest BCUT2D eigenvalue weighted by atomic mass is 16.7. The molecule has 0 rings (SSSR count). The minimum Gasteiger partial charge on any atom is -0.544 e. The summed E-state index contributed by atoms with van der Waals surface area (Å²) in [5.74, 6) is -2.88. The molecule has 11 heavy (non-hydrogen) atoms. The van der Waals surface area contributed by atoms with Gasteiger partial charge in [0.05, 0.1) is 0 Å². The molecule has 0 spiro atoms. The van der Waals surface area contributed by atoms with Crippen molar-refractivity contribution in [3.8, 4) is 0 Å². The van der Waals surface area contributed by atoms with E-state index in [1.165, 1.54) is 0 Å². The number of aliphatic hydroxyl groups is 1. The van der Waals surface area contributed by atoms with Crippen molar-refractivity contribution in [3.63, 3.8) is 0 Å². The largest absolute Gasteiger partial charge is 0.544 e. The number of carboxylic acids is 1. The topological polar surface area (TPSA) is 123 Å². The molecule has 6 nitrogen and oxygen atoms in total. The summed E-state index contributed by atoms with van der Waals surface area (Å²) < 4.78 is 3.80. The number of rotatable bonds is 3. The highest BCUT2D eigenvalue weighted by Crippen LogP contribution is 1.85. The Hall–Kier alpha value is -1.40. The van der Waals surface area contributed by atoms with Crippen LogP contribution in [0.15, 0.2) is 12.7 Å². The van der Waals surface area contributed by atoms with Gasteiger partial charge >= 0.3 is 5.97 Å². The molecule has 0 aliphatic rings. The van der Waals surface area contributed by atoms with Crippen molar-refractivity contribution in [1.82, 2.24) is 6.15 Å². The molecular formula is C5H9NO5. The van der Waals surface area contributed by atoms with Gasteiger partial charge in [-0.3, -0.25) is 0 Å². The molecule has 5 N–H and O–H groups in total. The van der Waals surface area contributed by atoms with Crippen molar-refractivity contribution in [3.05, 3.63) is 12.7 Å². The molecule has 1 unspecified atom stereocenters. The third-order valence-corrected chi connectivity index (χ3v) is 0.596. The van der Waals surface area contributed by atoms with Gasteiger partial charge in [-0.1, -0.05) is 6.58 Å². The monoisotopic (exact) mass is 163 g/mol. The number of esters is 1. The van der Waals surface area contributed by atoms with E-state index in [0.717, 1.165) is 6.08 Å². The third-order valence-electron chi connectivity index (χ3n) is 0.596. The Labute approximate surface area is 62.7 Å². The smallest absolute Gasteiger partial charge is 0.332 e. The summed E-state index contributed by atoms with van der Waals surface area (Å²) in [5.41, 5.74) is 0. The molecule has 0 saturated carbocycles.